The van der Waals surface area contributed by atoms with Gasteiger partial charge in [-0.25, -0.2) is 10.8 Å². The fourth-order valence-electron chi connectivity index (χ4n) is 2.31. The highest BCUT2D eigenvalue weighted by Gasteiger charge is 2.13. The van der Waals surface area contributed by atoms with Crippen molar-refractivity contribution >= 4 is 33.3 Å². The molecule has 0 spiro atoms. The topological polar surface area (TPSA) is 67.1 Å². The van der Waals surface area contributed by atoms with Crippen molar-refractivity contribution in [2.75, 3.05) is 17.4 Å². The molecule has 108 valence electrons. The van der Waals surface area contributed by atoms with Crippen LogP contribution in [0.3, 0.4) is 0 Å². The van der Waals surface area contributed by atoms with E-state index in [1.807, 2.05) is 18.5 Å². The number of aryl methyl sites for hydroxylation is 1. The quantitative estimate of drug-likeness (QED) is 0.573. The van der Waals surface area contributed by atoms with Gasteiger partial charge in [0.15, 0.2) is 0 Å². The highest BCUT2D eigenvalue weighted by atomic mass is 32.1. The molecule has 3 N–H and O–H groups in total. The van der Waals surface area contributed by atoms with Gasteiger partial charge in [0.25, 0.3) is 0 Å². The van der Waals surface area contributed by atoms with Crippen molar-refractivity contribution in [1.82, 2.24) is 9.97 Å². The van der Waals surface area contributed by atoms with Crippen LogP contribution in [0.5, 0.6) is 0 Å². The van der Waals surface area contributed by atoms with Crippen LogP contribution < -0.4 is 16.2 Å². The van der Waals surface area contributed by atoms with Crippen molar-refractivity contribution < 1.29 is 0 Å². The third kappa shape index (κ3) is 2.68. The number of aromatic nitrogens is 2. The molecular formula is C15H17N5S. The molecule has 2 heterocycles. The normalized spacial score (nSPS) is 10.8. The molecule has 0 saturated heterocycles. The van der Waals surface area contributed by atoms with Crippen molar-refractivity contribution in [2.24, 2.45) is 5.84 Å². The van der Waals surface area contributed by atoms with E-state index in [2.05, 4.69) is 51.5 Å². The molecule has 21 heavy (non-hydrogen) atoms. The van der Waals surface area contributed by atoms with Gasteiger partial charge in [0.1, 0.15) is 10.6 Å². The molecule has 0 bridgehead atoms. The molecule has 3 aromatic rings. The fraction of sp³-hybridized carbons (Fsp3) is 0.200. The van der Waals surface area contributed by atoms with E-state index in [1.54, 1.807) is 11.3 Å². The van der Waals surface area contributed by atoms with Crippen molar-refractivity contribution in [2.45, 2.75) is 13.5 Å². The average Bonchev–Trinajstić information content (AvgIpc) is 2.96. The molecule has 0 aliphatic rings. The van der Waals surface area contributed by atoms with E-state index in [0.29, 0.717) is 5.95 Å². The summed E-state index contributed by atoms with van der Waals surface area (Å²) in [4.78, 5) is 11.9. The second-order valence-corrected chi connectivity index (χ2v) is 5.83. The summed E-state index contributed by atoms with van der Waals surface area (Å²) >= 11 is 1.58. The van der Waals surface area contributed by atoms with Gasteiger partial charge in [-0.3, -0.25) is 5.43 Å². The highest BCUT2D eigenvalue weighted by molar-refractivity contribution is 7.16. The highest BCUT2D eigenvalue weighted by Crippen LogP contribution is 2.29. The third-order valence-corrected chi connectivity index (χ3v) is 4.27. The van der Waals surface area contributed by atoms with Crippen LogP contribution in [0.15, 0.2) is 35.7 Å². The van der Waals surface area contributed by atoms with Crippen molar-refractivity contribution in [3.05, 3.63) is 46.8 Å². The zero-order valence-corrected chi connectivity index (χ0v) is 12.8. The molecule has 2 aromatic heterocycles. The number of fused-ring (bicyclic) bond motifs is 1. The number of hydrogen-bond donors (Lipinski definition) is 2. The van der Waals surface area contributed by atoms with Crippen LogP contribution in [0, 0.1) is 6.92 Å². The minimum absolute atomic E-state index is 0.441. The van der Waals surface area contributed by atoms with E-state index in [1.165, 1.54) is 11.1 Å². The Hall–Kier alpha value is -2.18. The van der Waals surface area contributed by atoms with Gasteiger partial charge >= 0.3 is 0 Å². The molecule has 0 saturated carbocycles. The molecule has 0 radical (unpaired) electrons. The molecule has 1 aromatic carbocycles. The Labute approximate surface area is 127 Å². The number of hydrogen-bond acceptors (Lipinski definition) is 6. The van der Waals surface area contributed by atoms with Gasteiger partial charge in [0.05, 0.1) is 5.39 Å². The molecule has 6 heteroatoms. The lowest BCUT2D eigenvalue weighted by atomic mass is 10.1. The predicted octanol–water partition coefficient (Wildman–Crippen LogP) is 2.92. The zero-order valence-electron chi connectivity index (χ0n) is 12.0. The van der Waals surface area contributed by atoms with Crippen LogP contribution in [-0.2, 0) is 6.54 Å². The first-order chi connectivity index (χ1) is 10.2. The van der Waals surface area contributed by atoms with Crippen LogP contribution in [0.25, 0.3) is 10.2 Å². The maximum atomic E-state index is 5.47. The van der Waals surface area contributed by atoms with Crippen LogP contribution in [-0.4, -0.2) is 17.0 Å². The third-order valence-electron chi connectivity index (χ3n) is 3.46. The van der Waals surface area contributed by atoms with Gasteiger partial charge in [-0.05, 0) is 29.5 Å². The number of hydrazine groups is 1. The van der Waals surface area contributed by atoms with E-state index in [4.69, 9.17) is 5.84 Å². The number of thiophene rings is 1. The molecule has 0 aliphatic heterocycles. The number of benzene rings is 1. The summed E-state index contributed by atoms with van der Waals surface area (Å²) in [5.74, 6) is 6.79. The van der Waals surface area contributed by atoms with Crippen LogP contribution >= 0.6 is 11.3 Å². The Bertz CT molecular complexity index is 768. The Balaban J connectivity index is 1.99. The van der Waals surface area contributed by atoms with Gasteiger partial charge in [0.2, 0.25) is 5.95 Å². The molecule has 0 fully saturated rings. The Kier molecular flexibility index (Phi) is 3.72. The smallest absolute Gasteiger partial charge is 0.240 e. The molecule has 0 aliphatic carbocycles. The number of anilines is 2. The number of nitrogens with zero attached hydrogens (tertiary/aromatic N) is 3. The summed E-state index contributed by atoms with van der Waals surface area (Å²) in [5, 5.41) is 3.07. The maximum Gasteiger partial charge on any atom is 0.240 e. The number of nitrogens with two attached hydrogens (primary N) is 1. The molecule has 0 atom stereocenters. The number of rotatable bonds is 4. The predicted molar refractivity (Wildman–Crippen MR) is 88.5 cm³/mol. The van der Waals surface area contributed by atoms with Crippen LogP contribution in [0.2, 0.25) is 0 Å². The molecule has 0 unspecified atom stereocenters. The monoisotopic (exact) mass is 299 g/mol. The number of nitrogen functional groups attached to an aromatic ring is 1. The first-order valence-corrected chi connectivity index (χ1v) is 7.54. The lowest BCUT2D eigenvalue weighted by Gasteiger charge is -2.20. The van der Waals surface area contributed by atoms with Gasteiger partial charge in [-0.2, -0.15) is 4.98 Å². The fourth-order valence-corrected chi connectivity index (χ4v) is 3.07. The zero-order chi connectivity index (χ0) is 14.8. The Morgan fingerprint density at radius 2 is 2.05 bits per heavy atom. The van der Waals surface area contributed by atoms with Gasteiger partial charge < -0.3 is 4.90 Å². The maximum absolute atomic E-state index is 5.47. The standard InChI is InChI=1S/C15H17N5S/c1-10-5-3-4-6-11(10)9-20(2)13-12-7-8-21-14(12)18-15(17-13)19-16/h3-8H,9,16H2,1-2H3,(H,17,18,19). The summed E-state index contributed by atoms with van der Waals surface area (Å²) in [6, 6.07) is 10.4. The summed E-state index contributed by atoms with van der Waals surface area (Å²) in [6.45, 7) is 2.91. The molecule has 3 rings (SSSR count). The van der Waals surface area contributed by atoms with Crippen molar-refractivity contribution in [3.63, 3.8) is 0 Å². The lowest BCUT2D eigenvalue weighted by molar-refractivity contribution is 0.893. The van der Waals surface area contributed by atoms with Gasteiger partial charge in [-0.15, -0.1) is 11.3 Å². The minimum atomic E-state index is 0.441. The second-order valence-electron chi connectivity index (χ2n) is 4.94. The SMILES string of the molecule is Cc1ccccc1CN(C)c1nc(NN)nc2sccc12. The lowest BCUT2D eigenvalue weighted by Crippen LogP contribution is -2.20. The summed E-state index contributed by atoms with van der Waals surface area (Å²) < 4.78 is 0. The summed E-state index contributed by atoms with van der Waals surface area (Å²) in [5.41, 5.74) is 5.09. The molecular weight excluding hydrogens is 282 g/mol. The van der Waals surface area contributed by atoms with Crippen molar-refractivity contribution in [1.29, 1.82) is 0 Å². The van der Waals surface area contributed by atoms with E-state index >= 15 is 0 Å². The summed E-state index contributed by atoms with van der Waals surface area (Å²) in [6.07, 6.45) is 0. The van der Waals surface area contributed by atoms with E-state index in [9.17, 15) is 0 Å². The summed E-state index contributed by atoms with van der Waals surface area (Å²) in [7, 11) is 2.03. The molecule has 0 amide bonds. The van der Waals surface area contributed by atoms with Gasteiger partial charge in [-0.1, -0.05) is 24.3 Å². The van der Waals surface area contributed by atoms with Crippen LogP contribution in [0.1, 0.15) is 11.1 Å². The minimum Gasteiger partial charge on any atom is -0.355 e. The number of nitrogens with one attached hydrogen (secondary N) is 1. The van der Waals surface area contributed by atoms with Gasteiger partial charge in [0, 0.05) is 13.6 Å². The van der Waals surface area contributed by atoms with E-state index < -0.39 is 0 Å². The molecule has 5 nitrogen and oxygen atoms in total. The average molecular weight is 299 g/mol. The Morgan fingerprint density at radius 1 is 1.24 bits per heavy atom. The first kappa shape index (κ1) is 13.8. The van der Waals surface area contributed by atoms with Crippen LogP contribution in [0.4, 0.5) is 11.8 Å². The van der Waals surface area contributed by atoms with E-state index in [0.717, 1.165) is 22.6 Å². The second kappa shape index (κ2) is 5.67. The Morgan fingerprint density at radius 3 is 2.81 bits per heavy atom. The van der Waals surface area contributed by atoms with E-state index in [-0.39, 0.29) is 0 Å². The largest absolute Gasteiger partial charge is 0.355 e. The first-order valence-electron chi connectivity index (χ1n) is 6.66. The van der Waals surface area contributed by atoms with Crippen molar-refractivity contribution in [3.8, 4) is 0 Å².